The molecule has 0 saturated carbocycles. The minimum absolute atomic E-state index is 0.00522. The van der Waals surface area contributed by atoms with Crippen LogP contribution in [-0.2, 0) is 0 Å². The van der Waals surface area contributed by atoms with Crippen molar-refractivity contribution in [2.75, 3.05) is 5.32 Å². The van der Waals surface area contributed by atoms with Crippen molar-refractivity contribution < 1.29 is 0 Å². The van der Waals surface area contributed by atoms with Crippen LogP contribution >= 0.6 is 23.2 Å². The van der Waals surface area contributed by atoms with Crippen LogP contribution in [0.4, 0.5) is 5.95 Å². The van der Waals surface area contributed by atoms with E-state index in [2.05, 4.69) is 44.5 Å². The van der Waals surface area contributed by atoms with Crippen molar-refractivity contribution in [3.05, 3.63) is 58.6 Å². The highest BCUT2D eigenvalue weighted by Crippen LogP contribution is 2.26. The fraction of sp³-hybridized carbons (Fsp3) is 0.133. The van der Waals surface area contributed by atoms with E-state index in [1.807, 2.05) is 25.1 Å². The summed E-state index contributed by atoms with van der Waals surface area (Å²) in [6, 6.07) is 14.4. The molecule has 106 valence electrons. The third-order valence-electron chi connectivity index (χ3n) is 3.22. The lowest BCUT2D eigenvalue weighted by Crippen LogP contribution is -2.10. The van der Waals surface area contributed by atoms with Gasteiger partial charge in [0.05, 0.1) is 6.04 Å². The van der Waals surface area contributed by atoms with Crippen LogP contribution in [0.15, 0.2) is 42.5 Å². The van der Waals surface area contributed by atoms with Crippen LogP contribution in [0, 0.1) is 0 Å². The van der Waals surface area contributed by atoms with Gasteiger partial charge in [-0.15, -0.1) is 0 Å². The minimum atomic E-state index is 0.00522. The van der Waals surface area contributed by atoms with Crippen molar-refractivity contribution >= 4 is 39.9 Å². The average molecular weight is 319 g/mol. The topological polar surface area (TPSA) is 50.7 Å². The lowest BCUT2D eigenvalue weighted by Gasteiger charge is -2.16. The molecule has 3 rings (SSSR count). The maximum absolute atomic E-state index is 5.79. The first-order valence-electron chi connectivity index (χ1n) is 6.45. The number of fused-ring (bicyclic) bond motifs is 1. The molecule has 0 bridgehead atoms. The van der Waals surface area contributed by atoms with Gasteiger partial charge in [0.1, 0.15) is 0 Å². The van der Waals surface area contributed by atoms with Gasteiger partial charge >= 0.3 is 0 Å². The Morgan fingerprint density at radius 1 is 0.905 bits per heavy atom. The number of nitrogens with one attached hydrogen (secondary N) is 1. The molecular formula is C15H12Cl2N4. The number of aromatic nitrogens is 3. The monoisotopic (exact) mass is 318 g/mol. The third-order valence-corrected chi connectivity index (χ3v) is 3.55. The number of rotatable bonds is 3. The maximum atomic E-state index is 5.79. The molecule has 0 saturated heterocycles. The van der Waals surface area contributed by atoms with Crippen molar-refractivity contribution in [1.82, 2.24) is 15.0 Å². The summed E-state index contributed by atoms with van der Waals surface area (Å²) in [5.74, 6) is 0.362. The van der Waals surface area contributed by atoms with Gasteiger partial charge in [0.15, 0.2) is 0 Å². The summed E-state index contributed by atoms with van der Waals surface area (Å²) < 4.78 is 0. The molecule has 1 aromatic heterocycles. The molecule has 0 amide bonds. The molecular weight excluding hydrogens is 307 g/mol. The van der Waals surface area contributed by atoms with Crippen LogP contribution in [0.25, 0.3) is 10.8 Å². The smallest absolute Gasteiger partial charge is 0.228 e. The summed E-state index contributed by atoms with van der Waals surface area (Å²) in [4.78, 5) is 11.8. The second-order valence-electron chi connectivity index (χ2n) is 4.63. The molecule has 4 nitrogen and oxygen atoms in total. The molecule has 0 aliphatic heterocycles. The van der Waals surface area contributed by atoms with Gasteiger partial charge in [-0.1, -0.05) is 42.5 Å². The number of hydrogen-bond donors (Lipinski definition) is 1. The number of benzene rings is 2. The van der Waals surface area contributed by atoms with Crippen LogP contribution in [-0.4, -0.2) is 15.0 Å². The number of halogens is 2. The van der Waals surface area contributed by atoms with Crippen LogP contribution in [0.2, 0.25) is 10.6 Å². The van der Waals surface area contributed by atoms with Gasteiger partial charge in [-0.2, -0.15) is 15.0 Å². The highest BCUT2D eigenvalue weighted by Gasteiger charge is 2.11. The first-order valence-corrected chi connectivity index (χ1v) is 7.20. The molecule has 21 heavy (non-hydrogen) atoms. The number of hydrogen-bond acceptors (Lipinski definition) is 4. The summed E-state index contributed by atoms with van der Waals surface area (Å²) in [5, 5.41) is 5.72. The molecule has 0 fully saturated rings. The van der Waals surface area contributed by atoms with Gasteiger partial charge in [0.2, 0.25) is 16.5 Å². The largest absolute Gasteiger partial charge is 0.348 e. The number of anilines is 1. The molecule has 0 unspecified atom stereocenters. The lowest BCUT2D eigenvalue weighted by atomic mass is 10.00. The van der Waals surface area contributed by atoms with Crippen LogP contribution in [0.3, 0.4) is 0 Å². The summed E-state index contributed by atoms with van der Waals surface area (Å²) in [6.07, 6.45) is 0. The molecule has 1 N–H and O–H groups in total. The third kappa shape index (κ3) is 3.06. The van der Waals surface area contributed by atoms with E-state index < -0.39 is 0 Å². The Labute approximate surface area is 132 Å². The first-order chi connectivity index (χ1) is 10.1. The summed E-state index contributed by atoms with van der Waals surface area (Å²) in [7, 11) is 0. The SMILES string of the molecule is C[C@@H](Nc1nc(Cl)nc(Cl)n1)c1cccc2ccccc12. The van der Waals surface area contributed by atoms with Gasteiger partial charge in [0, 0.05) is 0 Å². The molecule has 2 aromatic carbocycles. The highest BCUT2D eigenvalue weighted by atomic mass is 35.5. The predicted octanol–water partition coefficient (Wildman–Crippen LogP) is 4.50. The Balaban J connectivity index is 1.95. The van der Waals surface area contributed by atoms with Gasteiger partial charge in [-0.25, -0.2) is 0 Å². The Hall–Kier alpha value is -1.91. The van der Waals surface area contributed by atoms with Crippen molar-refractivity contribution in [3.8, 4) is 0 Å². The minimum Gasteiger partial charge on any atom is -0.348 e. The maximum Gasteiger partial charge on any atom is 0.228 e. The Kier molecular flexibility index (Phi) is 3.90. The zero-order chi connectivity index (χ0) is 14.8. The van der Waals surface area contributed by atoms with Crippen LogP contribution < -0.4 is 5.32 Å². The predicted molar refractivity (Wildman–Crippen MR) is 85.8 cm³/mol. The molecule has 0 aliphatic rings. The van der Waals surface area contributed by atoms with E-state index >= 15 is 0 Å². The van der Waals surface area contributed by atoms with Gasteiger partial charge in [-0.3, -0.25) is 0 Å². The van der Waals surface area contributed by atoms with Crippen molar-refractivity contribution in [2.24, 2.45) is 0 Å². The van der Waals surface area contributed by atoms with E-state index in [0.717, 1.165) is 5.56 Å². The van der Waals surface area contributed by atoms with Gasteiger partial charge in [-0.05, 0) is 46.5 Å². The second kappa shape index (κ2) is 5.84. The molecule has 1 heterocycles. The van der Waals surface area contributed by atoms with Gasteiger partial charge < -0.3 is 5.32 Å². The standard InChI is InChI=1S/C15H12Cl2N4/c1-9(18-15-20-13(16)19-14(17)21-15)11-8-4-6-10-5-2-3-7-12(10)11/h2-9H,1H3,(H,18,19,20,21)/t9-/m1/s1. The van der Waals surface area contributed by atoms with E-state index in [0.29, 0.717) is 5.95 Å². The second-order valence-corrected chi connectivity index (χ2v) is 5.31. The fourth-order valence-corrected chi connectivity index (χ4v) is 2.65. The molecule has 6 heteroatoms. The normalized spacial score (nSPS) is 12.3. The van der Waals surface area contributed by atoms with E-state index in [4.69, 9.17) is 23.2 Å². The molecule has 0 radical (unpaired) electrons. The fourth-order valence-electron chi connectivity index (χ4n) is 2.29. The zero-order valence-corrected chi connectivity index (χ0v) is 12.7. The van der Waals surface area contributed by atoms with Crippen molar-refractivity contribution in [2.45, 2.75) is 13.0 Å². The molecule has 1 atom stereocenters. The van der Waals surface area contributed by atoms with E-state index in [-0.39, 0.29) is 16.6 Å². The number of nitrogens with zero attached hydrogens (tertiary/aromatic N) is 3. The molecule has 0 spiro atoms. The lowest BCUT2D eigenvalue weighted by molar-refractivity contribution is 0.861. The van der Waals surface area contributed by atoms with E-state index in [1.54, 1.807) is 0 Å². The van der Waals surface area contributed by atoms with Crippen molar-refractivity contribution in [1.29, 1.82) is 0 Å². The summed E-state index contributed by atoms with van der Waals surface area (Å²) >= 11 is 11.6. The Morgan fingerprint density at radius 2 is 1.57 bits per heavy atom. The summed E-state index contributed by atoms with van der Waals surface area (Å²) in [6.45, 7) is 2.04. The summed E-state index contributed by atoms with van der Waals surface area (Å²) in [5.41, 5.74) is 1.15. The Morgan fingerprint density at radius 3 is 2.33 bits per heavy atom. The highest BCUT2D eigenvalue weighted by molar-refractivity contribution is 6.31. The Bertz CT molecular complexity index is 766. The average Bonchev–Trinajstić information content (AvgIpc) is 2.45. The zero-order valence-electron chi connectivity index (χ0n) is 11.2. The molecule has 0 aliphatic carbocycles. The van der Waals surface area contributed by atoms with Crippen LogP contribution in [0.1, 0.15) is 18.5 Å². The van der Waals surface area contributed by atoms with Crippen LogP contribution in [0.5, 0.6) is 0 Å². The van der Waals surface area contributed by atoms with E-state index in [1.165, 1.54) is 10.8 Å². The van der Waals surface area contributed by atoms with Crippen molar-refractivity contribution in [3.63, 3.8) is 0 Å². The van der Waals surface area contributed by atoms with Gasteiger partial charge in [0.25, 0.3) is 0 Å². The first kappa shape index (κ1) is 14.0. The van der Waals surface area contributed by atoms with E-state index in [9.17, 15) is 0 Å². The quantitative estimate of drug-likeness (QED) is 0.772. The molecule has 3 aromatic rings.